The number of hydrogen-bond acceptors (Lipinski definition) is 5. The van der Waals surface area contributed by atoms with Crippen LogP contribution in [0, 0.1) is 11.8 Å². The van der Waals surface area contributed by atoms with Crippen molar-refractivity contribution < 1.29 is 22.8 Å². The van der Waals surface area contributed by atoms with Gasteiger partial charge in [0.05, 0.1) is 5.56 Å². The van der Waals surface area contributed by atoms with Crippen molar-refractivity contribution in [3.8, 4) is 0 Å². The van der Waals surface area contributed by atoms with E-state index in [1.807, 2.05) is 0 Å². The van der Waals surface area contributed by atoms with Crippen LogP contribution in [0.3, 0.4) is 0 Å². The SMILES string of the molecule is Nc1ncnc(C(=O)CCCC2CCCC(CCC(=O)CCCCc3cccc(C(F)(F)F)c3)C2)c1Cl. The zero-order valence-corrected chi connectivity index (χ0v) is 21.8. The van der Waals surface area contributed by atoms with Gasteiger partial charge >= 0.3 is 6.18 Å². The molecular weight excluding hydrogens is 503 g/mol. The van der Waals surface area contributed by atoms with Crippen molar-refractivity contribution in [3.63, 3.8) is 0 Å². The van der Waals surface area contributed by atoms with Crippen molar-refractivity contribution in [2.75, 3.05) is 5.73 Å². The van der Waals surface area contributed by atoms with Crippen molar-refractivity contribution in [1.29, 1.82) is 0 Å². The number of rotatable bonds is 13. The van der Waals surface area contributed by atoms with Crippen molar-refractivity contribution in [1.82, 2.24) is 9.97 Å². The first-order chi connectivity index (χ1) is 17.6. The van der Waals surface area contributed by atoms with Crippen LogP contribution in [0.15, 0.2) is 30.6 Å². The second-order valence-electron chi connectivity index (χ2n) is 10.1. The number of alkyl halides is 3. The second-order valence-corrected chi connectivity index (χ2v) is 10.5. The Labute approximate surface area is 221 Å². The predicted molar refractivity (Wildman–Crippen MR) is 138 cm³/mol. The maximum Gasteiger partial charge on any atom is 0.416 e. The number of carbonyl (C=O) groups is 2. The van der Waals surface area contributed by atoms with E-state index in [1.54, 1.807) is 6.07 Å². The van der Waals surface area contributed by atoms with E-state index in [4.69, 9.17) is 17.3 Å². The van der Waals surface area contributed by atoms with Gasteiger partial charge in [0.15, 0.2) is 5.78 Å². The summed E-state index contributed by atoms with van der Waals surface area (Å²) in [5.74, 6) is 1.31. The van der Waals surface area contributed by atoms with Crippen LogP contribution >= 0.6 is 11.6 Å². The fraction of sp³-hybridized carbons (Fsp3) is 0.571. The molecule has 1 aliphatic carbocycles. The number of anilines is 1. The van der Waals surface area contributed by atoms with Gasteiger partial charge in [-0.05, 0) is 62.0 Å². The molecule has 1 aromatic carbocycles. The Kier molecular flexibility index (Phi) is 10.9. The number of nitrogens with zero attached hydrogens (tertiary/aromatic N) is 2. The molecule has 0 radical (unpaired) electrons. The fourth-order valence-corrected chi connectivity index (χ4v) is 5.42. The molecule has 2 N–H and O–H groups in total. The highest BCUT2D eigenvalue weighted by Crippen LogP contribution is 2.35. The summed E-state index contributed by atoms with van der Waals surface area (Å²) < 4.78 is 38.5. The second kappa shape index (κ2) is 13.9. The van der Waals surface area contributed by atoms with Crippen LogP contribution < -0.4 is 5.73 Å². The average molecular weight is 538 g/mol. The van der Waals surface area contributed by atoms with Crippen LogP contribution in [-0.2, 0) is 17.4 Å². The number of aromatic nitrogens is 2. The third kappa shape index (κ3) is 9.40. The number of nitrogen functional groups attached to an aromatic ring is 1. The number of Topliss-reactive ketones (excluding diaryl/α,β-unsaturated/α-hetero) is 2. The van der Waals surface area contributed by atoms with Crippen LogP contribution in [-0.4, -0.2) is 21.5 Å². The number of unbranched alkanes of at least 4 members (excludes halogenated alkanes) is 1. The number of benzene rings is 1. The number of halogens is 4. The lowest BCUT2D eigenvalue weighted by atomic mass is 9.77. The van der Waals surface area contributed by atoms with Gasteiger partial charge in [-0.1, -0.05) is 55.5 Å². The minimum atomic E-state index is -4.33. The van der Waals surface area contributed by atoms with E-state index in [0.29, 0.717) is 55.9 Å². The minimum absolute atomic E-state index is 0.111. The molecule has 1 heterocycles. The van der Waals surface area contributed by atoms with E-state index in [2.05, 4.69) is 9.97 Å². The van der Waals surface area contributed by atoms with Crippen molar-refractivity contribution in [2.45, 2.75) is 89.6 Å². The predicted octanol–water partition coefficient (Wildman–Crippen LogP) is 7.65. The van der Waals surface area contributed by atoms with Crippen molar-refractivity contribution >= 4 is 29.0 Å². The highest BCUT2D eigenvalue weighted by atomic mass is 35.5. The zero-order chi connectivity index (χ0) is 26.8. The smallest absolute Gasteiger partial charge is 0.382 e. The molecular formula is C28H35ClF3N3O2. The Hall–Kier alpha value is -2.48. The molecule has 2 atom stereocenters. The highest BCUT2D eigenvalue weighted by Gasteiger charge is 2.30. The minimum Gasteiger partial charge on any atom is -0.382 e. The van der Waals surface area contributed by atoms with Gasteiger partial charge in [0.25, 0.3) is 0 Å². The summed E-state index contributed by atoms with van der Waals surface area (Å²) in [6.45, 7) is 0. The van der Waals surface area contributed by atoms with E-state index >= 15 is 0 Å². The molecule has 37 heavy (non-hydrogen) atoms. The first kappa shape index (κ1) is 29.1. The molecule has 5 nitrogen and oxygen atoms in total. The summed E-state index contributed by atoms with van der Waals surface area (Å²) in [7, 11) is 0. The summed E-state index contributed by atoms with van der Waals surface area (Å²) in [5, 5.41) is 0.116. The molecule has 0 bridgehead atoms. The largest absolute Gasteiger partial charge is 0.416 e. The molecule has 0 saturated heterocycles. The monoisotopic (exact) mass is 537 g/mol. The van der Waals surface area contributed by atoms with Crippen LogP contribution in [0.5, 0.6) is 0 Å². The maximum absolute atomic E-state index is 12.8. The first-order valence-electron chi connectivity index (χ1n) is 13.1. The number of nitrogens with two attached hydrogens (primary N) is 1. The molecule has 2 unspecified atom stereocenters. The topological polar surface area (TPSA) is 85.9 Å². The fourth-order valence-electron chi connectivity index (χ4n) is 5.22. The Morgan fingerprint density at radius 2 is 1.76 bits per heavy atom. The lowest BCUT2D eigenvalue weighted by Gasteiger charge is -2.29. The van der Waals surface area contributed by atoms with Gasteiger partial charge in [-0.15, -0.1) is 0 Å². The van der Waals surface area contributed by atoms with Gasteiger partial charge in [0, 0.05) is 19.3 Å². The van der Waals surface area contributed by atoms with Gasteiger partial charge in [-0.3, -0.25) is 9.59 Å². The van der Waals surface area contributed by atoms with Crippen molar-refractivity contribution in [3.05, 3.63) is 52.4 Å². The Bertz CT molecular complexity index is 1060. The van der Waals surface area contributed by atoms with Crippen LogP contribution in [0.25, 0.3) is 0 Å². The van der Waals surface area contributed by atoms with Crippen molar-refractivity contribution in [2.24, 2.45) is 11.8 Å². The number of aryl methyl sites for hydroxylation is 1. The molecule has 202 valence electrons. The molecule has 9 heteroatoms. The molecule has 0 aliphatic heterocycles. The zero-order valence-electron chi connectivity index (χ0n) is 21.0. The Morgan fingerprint density at radius 3 is 2.51 bits per heavy atom. The summed E-state index contributed by atoms with van der Waals surface area (Å²) >= 11 is 6.05. The molecule has 2 aromatic rings. The van der Waals surface area contributed by atoms with Gasteiger partial charge in [-0.2, -0.15) is 13.2 Å². The maximum atomic E-state index is 12.8. The normalized spacial score (nSPS) is 18.1. The molecule has 1 saturated carbocycles. The average Bonchev–Trinajstić information content (AvgIpc) is 2.87. The van der Waals surface area contributed by atoms with E-state index in [0.717, 1.165) is 51.0 Å². The first-order valence-corrected chi connectivity index (χ1v) is 13.5. The standard InChI is InChI=1S/C28H35ClF3N3O2/c29-25-26(34-18-35-27(25)33)24(37)13-5-10-19-7-3-8-21(16-19)14-15-23(36)12-2-1-6-20-9-4-11-22(17-20)28(30,31)32/h4,9,11,17-19,21H,1-3,5-8,10,12-16H2,(H2,33,34,35). The highest BCUT2D eigenvalue weighted by molar-refractivity contribution is 6.35. The van der Waals surface area contributed by atoms with Gasteiger partial charge in [0.2, 0.25) is 0 Å². The molecule has 1 aromatic heterocycles. The summed E-state index contributed by atoms with van der Waals surface area (Å²) in [6, 6.07) is 5.41. The summed E-state index contributed by atoms with van der Waals surface area (Å²) in [4.78, 5) is 32.6. The third-order valence-electron chi connectivity index (χ3n) is 7.24. The van der Waals surface area contributed by atoms with Crippen LogP contribution in [0.1, 0.15) is 98.7 Å². The van der Waals surface area contributed by atoms with E-state index < -0.39 is 11.7 Å². The molecule has 1 aliphatic rings. The van der Waals surface area contributed by atoms with Crippen LogP contribution in [0.4, 0.5) is 19.0 Å². The summed E-state index contributed by atoms with van der Waals surface area (Å²) in [5.41, 5.74) is 5.86. The molecule has 0 spiro atoms. The van der Waals surface area contributed by atoms with E-state index in [-0.39, 0.29) is 28.1 Å². The van der Waals surface area contributed by atoms with E-state index in [9.17, 15) is 22.8 Å². The lowest BCUT2D eigenvalue weighted by Crippen LogP contribution is -2.17. The number of hydrogen-bond donors (Lipinski definition) is 1. The Morgan fingerprint density at radius 1 is 1.00 bits per heavy atom. The molecule has 0 amide bonds. The Balaban J connectivity index is 1.30. The lowest BCUT2D eigenvalue weighted by molar-refractivity contribution is -0.137. The number of ketones is 2. The third-order valence-corrected chi connectivity index (χ3v) is 7.62. The van der Waals surface area contributed by atoms with Gasteiger partial charge in [0.1, 0.15) is 28.6 Å². The molecule has 3 rings (SSSR count). The quantitative estimate of drug-likeness (QED) is 0.209. The van der Waals surface area contributed by atoms with Gasteiger partial charge < -0.3 is 5.73 Å². The van der Waals surface area contributed by atoms with E-state index in [1.165, 1.54) is 18.5 Å². The molecule has 1 fully saturated rings. The summed E-state index contributed by atoms with van der Waals surface area (Å²) in [6.07, 6.45) is 7.38. The van der Waals surface area contributed by atoms with Gasteiger partial charge in [-0.25, -0.2) is 9.97 Å². The van der Waals surface area contributed by atoms with Crippen LogP contribution in [0.2, 0.25) is 5.02 Å². The number of carbonyl (C=O) groups excluding carboxylic acids is 2.